The maximum atomic E-state index is 10.7. The van der Waals surface area contributed by atoms with Gasteiger partial charge in [-0.15, -0.1) is 0 Å². The van der Waals surface area contributed by atoms with Gasteiger partial charge in [-0.3, -0.25) is 4.98 Å². The molecule has 1 fully saturated rings. The van der Waals surface area contributed by atoms with Crippen molar-refractivity contribution in [3.8, 4) is 0 Å². The predicted octanol–water partition coefficient (Wildman–Crippen LogP) is 1.31. The van der Waals surface area contributed by atoms with Gasteiger partial charge in [-0.05, 0) is 19.9 Å². The van der Waals surface area contributed by atoms with E-state index in [0.29, 0.717) is 37.6 Å². The summed E-state index contributed by atoms with van der Waals surface area (Å²) in [5.41, 5.74) is 8.56. The molecule has 0 radical (unpaired) electrons. The summed E-state index contributed by atoms with van der Waals surface area (Å²) in [5.74, 6) is 0. The quantitative estimate of drug-likeness (QED) is 0.817. The fraction of sp³-hybridized carbons (Fsp3) is 0.600. The lowest BCUT2D eigenvalue weighted by Crippen LogP contribution is -2.46. The van der Waals surface area contributed by atoms with Crippen molar-refractivity contribution in [2.24, 2.45) is 5.73 Å². The van der Waals surface area contributed by atoms with Gasteiger partial charge in [-0.2, -0.15) is 0 Å². The highest BCUT2D eigenvalue weighted by atomic mass is 32.1. The van der Waals surface area contributed by atoms with Gasteiger partial charge in [0, 0.05) is 51.0 Å². The second-order valence-corrected chi connectivity index (χ2v) is 6.24. The van der Waals surface area contributed by atoms with Crippen molar-refractivity contribution in [1.82, 2.24) is 4.98 Å². The number of likely N-dealkylation sites (N-methyl/N-ethyl adjacent to an activating group) is 1. The van der Waals surface area contributed by atoms with E-state index in [-0.39, 0.29) is 0 Å². The molecule has 0 bridgehead atoms. The van der Waals surface area contributed by atoms with Crippen LogP contribution in [-0.4, -0.2) is 47.5 Å². The Balaban J connectivity index is 2.30. The lowest BCUT2D eigenvalue weighted by molar-refractivity contribution is -0.0572. The monoisotopic (exact) mass is 309 g/mol. The van der Waals surface area contributed by atoms with Crippen LogP contribution in [0.15, 0.2) is 6.07 Å². The van der Waals surface area contributed by atoms with E-state index >= 15 is 0 Å². The highest BCUT2D eigenvalue weighted by Gasteiger charge is 2.32. The molecule has 0 atom stereocenters. The summed E-state index contributed by atoms with van der Waals surface area (Å²) in [6, 6.07) is 1.96. The molecule has 1 aromatic heterocycles. The van der Waals surface area contributed by atoms with Crippen LogP contribution in [0.3, 0.4) is 0 Å². The summed E-state index contributed by atoms with van der Waals surface area (Å²) in [6.45, 7) is 5.56. The van der Waals surface area contributed by atoms with Crippen molar-refractivity contribution in [2.45, 2.75) is 32.3 Å². The lowest BCUT2D eigenvalue weighted by Gasteiger charge is -2.37. The summed E-state index contributed by atoms with van der Waals surface area (Å²) >= 11 is 5.16. The zero-order valence-corrected chi connectivity index (χ0v) is 13.7. The SMILES string of the molecule is Cc1cc(N(C)CC2(O)CCOCC2)c(C(N)=S)c(C)n1. The van der Waals surface area contributed by atoms with Gasteiger partial charge in [0.05, 0.1) is 16.9 Å². The molecule has 6 heteroatoms. The molecule has 2 rings (SSSR count). The number of nitrogens with two attached hydrogens (primary N) is 1. The Hall–Kier alpha value is -1.24. The van der Waals surface area contributed by atoms with Gasteiger partial charge in [0.15, 0.2) is 0 Å². The number of pyridine rings is 1. The Morgan fingerprint density at radius 1 is 1.48 bits per heavy atom. The fourth-order valence-electron chi connectivity index (χ4n) is 2.85. The van der Waals surface area contributed by atoms with Crippen LogP contribution >= 0.6 is 12.2 Å². The largest absolute Gasteiger partial charge is 0.389 e. The van der Waals surface area contributed by atoms with Gasteiger partial charge in [0.25, 0.3) is 0 Å². The Kier molecular flexibility index (Phi) is 4.81. The van der Waals surface area contributed by atoms with Gasteiger partial charge in [0.2, 0.25) is 0 Å². The van der Waals surface area contributed by atoms with Crippen LogP contribution in [0.1, 0.15) is 29.8 Å². The van der Waals surface area contributed by atoms with E-state index in [4.69, 9.17) is 22.7 Å². The average Bonchev–Trinajstić information content (AvgIpc) is 2.37. The van der Waals surface area contributed by atoms with E-state index in [1.54, 1.807) is 0 Å². The molecule has 0 unspecified atom stereocenters. The molecule has 1 aliphatic rings. The number of aryl methyl sites for hydroxylation is 2. The maximum absolute atomic E-state index is 10.7. The third-order valence-corrected chi connectivity index (χ3v) is 4.12. The lowest BCUT2D eigenvalue weighted by atomic mass is 9.93. The molecule has 2 heterocycles. The van der Waals surface area contributed by atoms with Crippen molar-refractivity contribution >= 4 is 22.9 Å². The van der Waals surface area contributed by atoms with Crippen molar-refractivity contribution in [2.75, 3.05) is 31.7 Å². The summed E-state index contributed by atoms with van der Waals surface area (Å²) in [7, 11) is 1.95. The molecule has 0 saturated carbocycles. The number of nitrogens with zero attached hydrogens (tertiary/aromatic N) is 2. The minimum atomic E-state index is -0.731. The van der Waals surface area contributed by atoms with Gasteiger partial charge in [-0.1, -0.05) is 12.2 Å². The molecule has 0 spiro atoms. The number of hydrogen-bond acceptors (Lipinski definition) is 5. The summed E-state index contributed by atoms with van der Waals surface area (Å²) in [5, 5.41) is 10.7. The number of aromatic nitrogens is 1. The van der Waals surface area contributed by atoms with E-state index in [0.717, 1.165) is 22.6 Å². The number of hydrogen-bond donors (Lipinski definition) is 2. The second-order valence-electron chi connectivity index (χ2n) is 5.80. The molecule has 0 aromatic carbocycles. The van der Waals surface area contributed by atoms with E-state index in [9.17, 15) is 5.11 Å². The normalized spacial score (nSPS) is 17.5. The standard InChI is InChI=1S/C15H23N3O2S/c1-10-8-12(13(14(16)21)11(2)17-10)18(3)9-15(19)4-6-20-7-5-15/h8,19H,4-7,9H2,1-3H3,(H2,16,21). The third kappa shape index (κ3) is 3.70. The Bertz CT molecular complexity index is 542. The molecule has 1 saturated heterocycles. The van der Waals surface area contributed by atoms with E-state index in [1.807, 2.05) is 31.9 Å². The zero-order valence-electron chi connectivity index (χ0n) is 12.8. The van der Waals surface area contributed by atoms with Crippen molar-refractivity contribution in [3.63, 3.8) is 0 Å². The molecular formula is C15H23N3O2S. The van der Waals surface area contributed by atoms with Crippen LogP contribution in [0.5, 0.6) is 0 Å². The Morgan fingerprint density at radius 2 is 2.10 bits per heavy atom. The van der Waals surface area contributed by atoms with Gasteiger partial charge < -0.3 is 20.5 Å². The third-order valence-electron chi connectivity index (χ3n) is 3.92. The van der Waals surface area contributed by atoms with E-state index in [1.165, 1.54) is 0 Å². The van der Waals surface area contributed by atoms with Crippen LogP contribution in [0, 0.1) is 13.8 Å². The number of rotatable bonds is 4. The molecule has 0 amide bonds. The topological polar surface area (TPSA) is 71.6 Å². The van der Waals surface area contributed by atoms with Crippen molar-refractivity contribution in [1.29, 1.82) is 0 Å². The molecule has 21 heavy (non-hydrogen) atoms. The first-order valence-corrected chi connectivity index (χ1v) is 7.52. The molecule has 0 aliphatic carbocycles. The van der Waals surface area contributed by atoms with Crippen molar-refractivity contribution < 1.29 is 9.84 Å². The summed E-state index contributed by atoms with van der Waals surface area (Å²) in [6.07, 6.45) is 1.28. The first-order chi connectivity index (χ1) is 9.82. The molecule has 116 valence electrons. The highest BCUT2D eigenvalue weighted by molar-refractivity contribution is 7.80. The fourth-order valence-corrected chi connectivity index (χ4v) is 3.10. The van der Waals surface area contributed by atoms with Crippen molar-refractivity contribution in [3.05, 3.63) is 23.0 Å². The minimum absolute atomic E-state index is 0.334. The molecule has 5 nitrogen and oxygen atoms in total. The summed E-state index contributed by atoms with van der Waals surface area (Å²) < 4.78 is 5.32. The van der Waals surface area contributed by atoms with Gasteiger partial charge in [-0.25, -0.2) is 0 Å². The van der Waals surface area contributed by atoms with Crippen LogP contribution in [0.4, 0.5) is 5.69 Å². The predicted molar refractivity (Wildman–Crippen MR) is 87.9 cm³/mol. The second kappa shape index (κ2) is 6.25. The van der Waals surface area contributed by atoms with Crippen LogP contribution < -0.4 is 10.6 Å². The number of aliphatic hydroxyl groups is 1. The molecule has 1 aromatic rings. The minimum Gasteiger partial charge on any atom is -0.389 e. The summed E-state index contributed by atoms with van der Waals surface area (Å²) in [4.78, 5) is 6.77. The van der Waals surface area contributed by atoms with Crippen LogP contribution in [0.25, 0.3) is 0 Å². The first-order valence-electron chi connectivity index (χ1n) is 7.12. The highest BCUT2D eigenvalue weighted by Crippen LogP contribution is 2.27. The molecule has 3 N–H and O–H groups in total. The zero-order chi connectivity index (χ0) is 15.6. The average molecular weight is 309 g/mol. The number of anilines is 1. The van der Waals surface area contributed by atoms with E-state index in [2.05, 4.69) is 4.98 Å². The number of ether oxygens (including phenoxy) is 1. The maximum Gasteiger partial charge on any atom is 0.107 e. The number of thiocarbonyl (C=S) groups is 1. The first kappa shape index (κ1) is 16.1. The molecule has 1 aliphatic heterocycles. The van der Waals surface area contributed by atoms with Gasteiger partial charge >= 0.3 is 0 Å². The van der Waals surface area contributed by atoms with Crippen LogP contribution in [0.2, 0.25) is 0 Å². The van der Waals surface area contributed by atoms with Crippen LogP contribution in [-0.2, 0) is 4.74 Å². The molecular weight excluding hydrogens is 286 g/mol. The Morgan fingerprint density at radius 3 is 2.67 bits per heavy atom. The van der Waals surface area contributed by atoms with Gasteiger partial charge in [0.1, 0.15) is 4.99 Å². The smallest absolute Gasteiger partial charge is 0.107 e. The Labute approximate surface area is 131 Å². The van der Waals surface area contributed by atoms with E-state index < -0.39 is 5.60 Å².